The van der Waals surface area contributed by atoms with E-state index in [9.17, 15) is 9.50 Å². The van der Waals surface area contributed by atoms with Gasteiger partial charge in [0.15, 0.2) is 0 Å². The number of hydrogen-bond acceptors (Lipinski definition) is 3. The summed E-state index contributed by atoms with van der Waals surface area (Å²) in [5.74, 6) is -0.304. The molecule has 0 aliphatic heterocycles. The number of aromatic amines is 1. The molecule has 0 bridgehead atoms. The second kappa shape index (κ2) is 5.21. The smallest absolute Gasteiger partial charge is 0.212 e. The number of H-pyrrole nitrogens is 1. The summed E-state index contributed by atoms with van der Waals surface area (Å²) in [6.45, 7) is 0. The number of pyridine rings is 2. The molecule has 0 radical (unpaired) electrons. The maximum Gasteiger partial charge on any atom is 0.212 e. The highest BCUT2D eigenvalue weighted by molar-refractivity contribution is 5.97. The van der Waals surface area contributed by atoms with Crippen molar-refractivity contribution in [2.24, 2.45) is 0 Å². The van der Waals surface area contributed by atoms with Crippen LogP contribution in [-0.4, -0.2) is 20.1 Å². The van der Waals surface area contributed by atoms with Crippen LogP contribution >= 0.6 is 0 Å². The van der Waals surface area contributed by atoms with Crippen LogP contribution in [0.1, 0.15) is 0 Å². The van der Waals surface area contributed by atoms with Crippen LogP contribution in [0.3, 0.4) is 0 Å². The van der Waals surface area contributed by atoms with E-state index in [0.29, 0.717) is 0 Å². The van der Waals surface area contributed by atoms with Crippen LogP contribution in [0, 0.1) is 5.95 Å². The number of rotatable bonds is 2. The molecule has 1 aromatic carbocycles. The molecule has 0 aliphatic rings. The Balaban J connectivity index is 1.90. The first-order valence-corrected chi connectivity index (χ1v) is 7.10. The van der Waals surface area contributed by atoms with Gasteiger partial charge in [-0.2, -0.15) is 4.39 Å². The van der Waals surface area contributed by atoms with Crippen LogP contribution in [0.15, 0.2) is 61.1 Å². The number of nitrogens with one attached hydrogen (secondary N) is 1. The molecule has 0 unspecified atom stereocenters. The van der Waals surface area contributed by atoms with Gasteiger partial charge >= 0.3 is 0 Å². The molecule has 0 amide bonds. The topological polar surface area (TPSA) is 61.8 Å². The van der Waals surface area contributed by atoms with Crippen LogP contribution in [-0.2, 0) is 0 Å². The van der Waals surface area contributed by atoms with Gasteiger partial charge in [-0.1, -0.05) is 18.2 Å². The largest absolute Gasteiger partial charge is 0.507 e. The number of phenolic OH excluding ortho intramolecular Hbond substituents is 1. The van der Waals surface area contributed by atoms with E-state index < -0.39 is 5.95 Å². The van der Waals surface area contributed by atoms with Gasteiger partial charge in [0.2, 0.25) is 5.95 Å². The van der Waals surface area contributed by atoms with E-state index in [0.717, 1.165) is 33.3 Å². The summed E-state index contributed by atoms with van der Waals surface area (Å²) in [6, 6.07) is 12.1. The van der Waals surface area contributed by atoms with Crippen LogP contribution in [0.25, 0.3) is 33.3 Å². The zero-order valence-electron chi connectivity index (χ0n) is 12.0. The fourth-order valence-corrected chi connectivity index (χ4v) is 2.63. The average molecular weight is 305 g/mol. The molecule has 0 saturated heterocycles. The van der Waals surface area contributed by atoms with Crippen molar-refractivity contribution in [1.29, 1.82) is 0 Å². The number of phenols is 1. The molecule has 0 saturated carbocycles. The Morgan fingerprint density at radius 1 is 0.913 bits per heavy atom. The minimum atomic E-state index is -0.515. The van der Waals surface area contributed by atoms with E-state index in [-0.39, 0.29) is 5.75 Å². The third-order valence-corrected chi connectivity index (χ3v) is 3.79. The zero-order valence-corrected chi connectivity index (χ0v) is 12.0. The van der Waals surface area contributed by atoms with Crippen LogP contribution < -0.4 is 0 Å². The Morgan fingerprint density at radius 2 is 1.74 bits per heavy atom. The second-order valence-electron chi connectivity index (χ2n) is 5.21. The Morgan fingerprint density at radius 3 is 2.52 bits per heavy atom. The summed E-state index contributed by atoms with van der Waals surface area (Å²) in [5.41, 5.74) is 3.94. The first kappa shape index (κ1) is 13.5. The minimum absolute atomic E-state index is 0.210. The van der Waals surface area contributed by atoms with E-state index in [4.69, 9.17) is 0 Å². The normalized spacial score (nSPS) is 11.0. The van der Waals surface area contributed by atoms with Crippen molar-refractivity contribution < 1.29 is 9.50 Å². The predicted octanol–water partition coefficient (Wildman–Crippen LogP) is 4.14. The van der Waals surface area contributed by atoms with Gasteiger partial charge in [-0.25, -0.2) is 9.97 Å². The average Bonchev–Trinajstić information content (AvgIpc) is 2.99. The minimum Gasteiger partial charge on any atom is -0.507 e. The zero-order chi connectivity index (χ0) is 15.8. The molecule has 0 spiro atoms. The van der Waals surface area contributed by atoms with Crippen molar-refractivity contribution in [3.05, 3.63) is 67.0 Å². The van der Waals surface area contributed by atoms with Crippen LogP contribution in [0.4, 0.5) is 4.39 Å². The summed E-state index contributed by atoms with van der Waals surface area (Å²) < 4.78 is 13.0. The quantitative estimate of drug-likeness (QED) is 0.547. The van der Waals surface area contributed by atoms with Gasteiger partial charge in [-0.15, -0.1) is 0 Å². The Kier molecular flexibility index (Phi) is 3.05. The molecule has 4 nitrogen and oxygen atoms in total. The highest BCUT2D eigenvalue weighted by atomic mass is 19.1. The molecule has 112 valence electrons. The standard InChI is InChI=1S/C18H12FN3O/c19-17-6-5-11(8-20-17)12-7-14-15(10-22-18(14)21-9-12)13-3-1-2-4-16(13)23/h1-10,23H,(H,21,22). The first-order valence-electron chi connectivity index (χ1n) is 7.10. The monoisotopic (exact) mass is 305 g/mol. The molecule has 4 aromatic rings. The summed E-state index contributed by atoms with van der Waals surface area (Å²) in [4.78, 5) is 11.2. The molecule has 23 heavy (non-hydrogen) atoms. The number of para-hydroxylation sites is 1. The SMILES string of the molecule is Oc1ccccc1-c1c[nH]c2ncc(-c3ccc(F)nc3)cc12. The van der Waals surface area contributed by atoms with E-state index in [1.54, 1.807) is 24.4 Å². The van der Waals surface area contributed by atoms with Gasteiger partial charge in [-0.05, 0) is 24.3 Å². The lowest BCUT2D eigenvalue weighted by Gasteiger charge is -2.04. The summed E-state index contributed by atoms with van der Waals surface area (Å²) in [6.07, 6.45) is 5.01. The summed E-state index contributed by atoms with van der Waals surface area (Å²) in [5, 5.41) is 11.0. The maximum absolute atomic E-state index is 13.0. The Labute approximate surface area is 131 Å². The lowest BCUT2D eigenvalue weighted by Crippen LogP contribution is -1.86. The van der Waals surface area contributed by atoms with Crippen LogP contribution in [0.5, 0.6) is 5.75 Å². The lowest BCUT2D eigenvalue weighted by atomic mass is 10.0. The van der Waals surface area contributed by atoms with Gasteiger partial charge in [0, 0.05) is 46.2 Å². The van der Waals surface area contributed by atoms with Gasteiger partial charge in [0.05, 0.1) is 0 Å². The second-order valence-corrected chi connectivity index (χ2v) is 5.21. The molecule has 3 aromatic heterocycles. The van der Waals surface area contributed by atoms with Crippen molar-refractivity contribution in [2.75, 3.05) is 0 Å². The predicted molar refractivity (Wildman–Crippen MR) is 86.4 cm³/mol. The first-order chi connectivity index (χ1) is 11.2. The van der Waals surface area contributed by atoms with E-state index in [1.807, 2.05) is 24.4 Å². The van der Waals surface area contributed by atoms with Crippen molar-refractivity contribution in [3.63, 3.8) is 0 Å². The molecule has 0 atom stereocenters. The van der Waals surface area contributed by atoms with E-state index in [2.05, 4.69) is 15.0 Å². The van der Waals surface area contributed by atoms with Crippen molar-refractivity contribution in [3.8, 4) is 28.0 Å². The highest BCUT2D eigenvalue weighted by Crippen LogP contribution is 2.35. The summed E-state index contributed by atoms with van der Waals surface area (Å²) >= 11 is 0. The molecule has 0 fully saturated rings. The van der Waals surface area contributed by atoms with Gasteiger partial charge in [-0.3, -0.25) is 0 Å². The van der Waals surface area contributed by atoms with E-state index in [1.165, 1.54) is 12.3 Å². The van der Waals surface area contributed by atoms with Crippen molar-refractivity contribution in [1.82, 2.24) is 15.0 Å². The number of nitrogens with zero attached hydrogens (tertiary/aromatic N) is 2. The summed E-state index contributed by atoms with van der Waals surface area (Å²) in [7, 11) is 0. The van der Waals surface area contributed by atoms with Crippen molar-refractivity contribution >= 4 is 11.0 Å². The lowest BCUT2D eigenvalue weighted by molar-refractivity contribution is 0.477. The highest BCUT2D eigenvalue weighted by Gasteiger charge is 2.11. The van der Waals surface area contributed by atoms with Gasteiger partial charge < -0.3 is 10.1 Å². The molecular formula is C18H12FN3O. The Bertz CT molecular complexity index is 993. The fraction of sp³-hybridized carbons (Fsp3) is 0. The third-order valence-electron chi connectivity index (χ3n) is 3.79. The molecule has 3 heterocycles. The fourth-order valence-electron chi connectivity index (χ4n) is 2.63. The Hall–Kier alpha value is -3.21. The third kappa shape index (κ3) is 2.32. The van der Waals surface area contributed by atoms with Crippen LogP contribution in [0.2, 0.25) is 0 Å². The molecule has 0 aliphatic carbocycles. The number of aromatic hydroxyl groups is 1. The van der Waals surface area contributed by atoms with Gasteiger partial charge in [0.25, 0.3) is 0 Å². The number of hydrogen-bond donors (Lipinski definition) is 2. The molecule has 2 N–H and O–H groups in total. The molecule has 5 heteroatoms. The van der Waals surface area contributed by atoms with Crippen molar-refractivity contribution in [2.45, 2.75) is 0 Å². The number of fused-ring (bicyclic) bond motifs is 1. The molecular weight excluding hydrogens is 293 g/mol. The van der Waals surface area contributed by atoms with E-state index >= 15 is 0 Å². The molecule has 4 rings (SSSR count). The number of halogens is 1. The number of benzene rings is 1. The van der Waals surface area contributed by atoms with Gasteiger partial charge in [0.1, 0.15) is 11.4 Å². The number of aromatic nitrogens is 3. The maximum atomic E-state index is 13.0.